The molecule has 0 spiro atoms. The molecule has 188 valence electrons. The van der Waals surface area contributed by atoms with Crippen molar-refractivity contribution in [3.05, 3.63) is 48.0 Å². The fraction of sp³-hybridized carbons (Fsp3) is 0.400. The Morgan fingerprint density at radius 2 is 1.57 bits per heavy atom. The van der Waals surface area contributed by atoms with Crippen LogP contribution in [0.1, 0.15) is 12.5 Å². The predicted octanol–water partition coefficient (Wildman–Crippen LogP) is 2.14. The average molecular weight is 485 g/mol. The number of ether oxygens (including phenoxy) is 3. The maximum absolute atomic E-state index is 13.3. The first-order chi connectivity index (χ1) is 16.8. The third kappa shape index (κ3) is 6.78. The number of methoxy groups -OCH3 is 3. The average Bonchev–Trinajstić information content (AvgIpc) is 2.87. The summed E-state index contributed by atoms with van der Waals surface area (Å²) in [4.78, 5) is 41.1. The second-order valence-corrected chi connectivity index (χ2v) is 8.12. The largest absolute Gasteiger partial charge is 0.497 e. The second kappa shape index (κ2) is 12.0. The van der Waals surface area contributed by atoms with Gasteiger partial charge in [-0.15, -0.1) is 0 Å². The third-order valence-electron chi connectivity index (χ3n) is 5.76. The van der Waals surface area contributed by atoms with E-state index in [0.717, 1.165) is 5.56 Å². The number of urea groups is 1. The highest BCUT2D eigenvalue weighted by Gasteiger charge is 2.30. The van der Waals surface area contributed by atoms with E-state index in [0.29, 0.717) is 55.5 Å². The van der Waals surface area contributed by atoms with E-state index in [-0.39, 0.29) is 17.8 Å². The van der Waals surface area contributed by atoms with Gasteiger partial charge in [0.2, 0.25) is 11.8 Å². The van der Waals surface area contributed by atoms with E-state index in [1.165, 1.54) is 6.92 Å². The Morgan fingerprint density at radius 3 is 2.20 bits per heavy atom. The minimum atomic E-state index is -0.734. The quantitative estimate of drug-likeness (QED) is 0.594. The highest BCUT2D eigenvalue weighted by molar-refractivity contribution is 5.90. The first kappa shape index (κ1) is 25.7. The molecule has 1 saturated heterocycles. The van der Waals surface area contributed by atoms with Crippen molar-refractivity contribution >= 4 is 23.5 Å². The lowest BCUT2D eigenvalue weighted by atomic mass is 10.0. The van der Waals surface area contributed by atoms with Gasteiger partial charge in [-0.25, -0.2) is 4.79 Å². The summed E-state index contributed by atoms with van der Waals surface area (Å²) in [7, 11) is 4.66. The SMILES string of the molecule is COc1cccc(NC(=O)N2CCN(C(=O)[C@@H](Cc3ccc(OC)c(OC)c3)NC(C)=O)CC2)c1. The molecule has 10 heteroatoms. The van der Waals surface area contributed by atoms with Crippen molar-refractivity contribution in [1.29, 1.82) is 0 Å². The molecule has 0 bridgehead atoms. The van der Waals surface area contributed by atoms with Gasteiger partial charge in [-0.2, -0.15) is 0 Å². The number of nitrogens with zero attached hydrogens (tertiary/aromatic N) is 2. The molecule has 1 atom stereocenters. The molecule has 2 N–H and O–H groups in total. The summed E-state index contributed by atoms with van der Waals surface area (Å²) < 4.78 is 15.8. The summed E-state index contributed by atoms with van der Waals surface area (Å²) in [6, 6.07) is 11.5. The van der Waals surface area contributed by atoms with Crippen molar-refractivity contribution in [1.82, 2.24) is 15.1 Å². The predicted molar refractivity (Wildman–Crippen MR) is 131 cm³/mol. The fourth-order valence-corrected chi connectivity index (χ4v) is 3.94. The van der Waals surface area contributed by atoms with E-state index in [1.807, 2.05) is 6.07 Å². The van der Waals surface area contributed by atoms with Crippen LogP contribution in [0.25, 0.3) is 0 Å². The highest BCUT2D eigenvalue weighted by Crippen LogP contribution is 2.28. The zero-order valence-electron chi connectivity index (χ0n) is 20.5. The maximum Gasteiger partial charge on any atom is 0.321 e. The molecule has 0 radical (unpaired) electrons. The number of anilines is 1. The number of nitrogens with one attached hydrogen (secondary N) is 2. The van der Waals surface area contributed by atoms with Gasteiger partial charge in [-0.3, -0.25) is 9.59 Å². The molecule has 2 aromatic rings. The smallest absolute Gasteiger partial charge is 0.321 e. The number of carbonyl (C=O) groups excluding carboxylic acids is 3. The molecule has 0 saturated carbocycles. The van der Waals surface area contributed by atoms with Crippen LogP contribution in [0.5, 0.6) is 17.2 Å². The summed E-state index contributed by atoms with van der Waals surface area (Å²) in [5.41, 5.74) is 1.46. The number of amides is 4. The van der Waals surface area contributed by atoms with Crippen LogP contribution in [0.3, 0.4) is 0 Å². The van der Waals surface area contributed by atoms with Gasteiger partial charge in [0.15, 0.2) is 11.5 Å². The first-order valence-corrected chi connectivity index (χ1v) is 11.3. The lowest BCUT2D eigenvalue weighted by Crippen LogP contribution is -2.56. The van der Waals surface area contributed by atoms with Gasteiger partial charge in [0.1, 0.15) is 11.8 Å². The van der Waals surface area contributed by atoms with Gasteiger partial charge in [-0.05, 0) is 29.8 Å². The van der Waals surface area contributed by atoms with Crippen molar-refractivity contribution in [2.24, 2.45) is 0 Å². The Bertz CT molecular complexity index is 1050. The van der Waals surface area contributed by atoms with Gasteiger partial charge in [0, 0.05) is 51.3 Å². The normalized spacial score (nSPS) is 14.1. The van der Waals surface area contributed by atoms with E-state index in [1.54, 1.807) is 67.5 Å². The van der Waals surface area contributed by atoms with Gasteiger partial charge >= 0.3 is 6.03 Å². The number of benzene rings is 2. The zero-order valence-corrected chi connectivity index (χ0v) is 20.5. The summed E-state index contributed by atoms with van der Waals surface area (Å²) in [5.74, 6) is 1.30. The van der Waals surface area contributed by atoms with Crippen LogP contribution in [0, 0.1) is 0 Å². The summed E-state index contributed by atoms with van der Waals surface area (Å²) in [5, 5.41) is 5.62. The number of rotatable bonds is 8. The number of carbonyl (C=O) groups is 3. The topological polar surface area (TPSA) is 109 Å². The van der Waals surface area contributed by atoms with Crippen LogP contribution in [-0.4, -0.2) is 81.2 Å². The first-order valence-electron chi connectivity index (χ1n) is 11.3. The van der Waals surface area contributed by atoms with Crippen molar-refractivity contribution in [3.63, 3.8) is 0 Å². The van der Waals surface area contributed by atoms with Gasteiger partial charge in [0.05, 0.1) is 21.3 Å². The molecule has 1 aliphatic heterocycles. The minimum absolute atomic E-state index is 0.192. The Kier molecular flexibility index (Phi) is 8.77. The molecule has 3 rings (SSSR count). The van der Waals surface area contributed by atoms with E-state index >= 15 is 0 Å². The van der Waals surface area contributed by atoms with Crippen LogP contribution in [-0.2, 0) is 16.0 Å². The molecule has 35 heavy (non-hydrogen) atoms. The number of hydrogen-bond donors (Lipinski definition) is 2. The third-order valence-corrected chi connectivity index (χ3v) is 5.76. The van der Waals surface area contributed by atoms with E-state index in [9.17, 15) is 14.4 Å². The molecule has 1 fully saturated rings. The van der Waals surface area contributed by atoms with Crippen LogP contribution in [0.15, 0.2) is 42.5 Å². The molecule has 1 aliphatic rings. The zero-order chi connectivity index (χ0) is 25.4. The Balaban J connectivity index is 1.61. The molecule has 1 heterocycles. The van der Waals surface area contributed by atoms with E-state index in [2.05, 4.69) is 10.6 Å². The molecule has 2 aromatic carbocycles. The molecule has 10 nitrogen and oxygen atoms in total. The molecular formula is C25H32N4O6. The molecule has 0 aliphatic carbocycles. The monoisotopic (exact) mass is 484 g/mol. The van der Waals surface area contributed by atoms with Crippen LogP contribution in [0.4, 0.5) is 10.5 Å². The van der Waals surface area contributed by atoms with Gasteiger partial charge < -0.3 is 34.6 Å². The lowest BCUT2D eigenvalue weighted by Gasteiger charge is -2.36. The Labute approximate surface area is 205 Å². The van der Waals surface area contributed by atoms with Crippen molar-refractivity contribution in [2.75, 3.05) is 52.8 Å². The molecule has 0 unspecified atom stereocenters. The van der Waals surface area contributed by atoms with Crippen LogP contribution < -0.4 is 24.8 Å². The Hall–Kier alpha value is -3.95. The van der Waals surface area contributed by atoms with Crippen molar-refractivity contribution < 1.29 is 28.6 Å². The standard InChI is InChI=1S/C25H32N4O6/c1-17(30)26-21(14-18-8-9-22(34-3)23(15-18)35-4)24(31)28-10-12-29(13-11-28)25(32)27-19-6-5-7-20(16-19)33-2/h5-9,15-16,21H,10-14H2,1-4H3,(H,26,30)(H,27,32)/t21-/m1/s1. The number of piperazine rings is 1. The van der Waals surface area contributed by atoms with E-state index < -0.39 is 6.04 Å². The van der Waals surface area contributed by atoms with Crippen LogP contribution in [0.2, 0.25) is 0 Å². The van der Waals surface area contributed by atoms with E-state index in [4.69, 9.17) is 14.2 Å². The summed E-state index contributed by atoms with van der Waals surface area (Å²) in [6.45, 7) is 2.88. The minimum Gasteiger partial charge on any atom is -0.497 e. The number of hydrogen-bond acceptors (Lipinski definition) is 6. The van der Waals surface area contributed by atoms with Crippen LogP contribution >= 0.6 is 0 Å². The maximum atomic E-state index is 13.3. The molecule has 0 aromatic heterocycles. The molecular weight excluding hydrogens is 452 g/mol. The lowest BCUT2D eigenvalue weighted by molar-refractivity contribution is -0.137. The Morgan fingerprint density at radius 1 is 0.886 bits per heavy atom. The summed E-state index contributed by atoms with van der Waals surface area (Å²) >= 11 is 0. The van der Waals surface area contributed by atoms with Gasteiger partial charge in [-0.1, -0.05) is 12.1 Å². The van der Waals surface area contributed by atoms with Crippen molar-refractivity contribution in [2.45, 2.75) is 19.4 Å². The molecule has 4 amide bonds. The van der Waals surface area contributed by atoms with Gasteiger partial charge in [0.25, 0.3) is 0 Å². The second-order valence-electron chi connectivity index (χ2n) is 8.12. The highest BCUT2D eigenvalue weighted by atomic mass is 16.5. The summed E-state index contributed by atoms with van der Waals surface area (Å²) in [6.07, 6.45) is 0.301. The van der Waals surface area contributed by atoms with Crippen molar-refractivity contribution in [3.8, 4) is 17.2 Å². The fourth-order valence-electron chi connectivity index (χ4n) is 3.94.